The van der Waals surface area contributed by atoms with Crippen molar-refractivity contribution in [2.75, 3.05) is 6.61 Å². The zero-order valence-electron chi connectivity index (χ0n) is 11.5. The summed E-state index contributed by atoms with van der Waals surface area (Å²) in [7, 11) is 0. The van der Waals surface area contributed by atoms with E-state index in [4.69, 9.17) is 11.6 Å². The molecule has 1 aliphatic rings. The van der Waals surface area contributed by atoms with Gasteiger partial charge in [0.15, 0.2) is 0 Å². The first-order chi connectivity index (χ1) is 10.1. The molecule has 6 heteroatoms. The standard InChI is InChI=1S/C15H18ClFN2O2/c16-12-7-6-10(8-13(12)17)14(9-20)19-15(21)18-11-4-2-1-3-5-11/h2,4,6-8,11,14,20H,1,3,5,9H2,(H2,18,19,21). The van der Waals surface area contributed by atoms with E-state index in [1.54, 1.807) is 6.07 Å². The topological polar surface area (TPSA) is 61.4 Å². The van der Waals surface area contributed by atoms with Crippen molar-refractivity contribution in [3.05, 3.63) is 46.8 Å². The van der Waals surface area contributed by atoms with Gasteiger partial charge in [-0.3, -0.25) is 0 Å². The Morgan fingerprint density at radius 2 is 2.33 bits per heavy atom. The van der Waals surface area contributed by atoms with Gasteiger partial charge in [-0.15, -0.1) is 0 Å². The highest BCUT2D eigenvalue weighted by atomic mass is 35.5. The molecule has 1 aromatic carbocycles. The average Bonchev–Trinajstić information content (AvgIpc) is 2.49. The van der Waals surface area contributed by atoms with Gasteiger partial charge in [0.25, 0.3) is 0 Å². The molecule has 0 saturated heterocycles. The summed E-state index contributed by atoms with van der Waals surface area (Å²) in [5, 5.41) is 14.8. The Morgan fingerprint density at radius 3 is 2.95 bits per heavy atom. The van der Waals surface area contributed by atoms with Crippen LogP contribution in [0.3, 0.4) is 0 Å². The highest BCUT2D eigenvalue weighted by molar-refractivity contribution is 6.30. The lowest BCUT2D eigenvalue weighted by Gasteiger charge is -2.22. The van der Waals surface area contributed by atoms with Gasteiger partial charge in [-0.2, -0.15) is 0 Å². The van der Waals surface area contributed by atoms with E-state index in [1.807, 2.05) is 12.2 Å². The first-order valence-electron chi connectivity index (χ1n) is 6.89. The van der Waals surface area contributed by atoms with Crippen LogP contribution < -0.4 is 10.6 Å². The fourth-order valence-corrected chi connectivity index (χ4v) is 2.38. The lowest BCUT2D eigenvalue weighted by molar-refractivity contribution is 0.214. The number of aliphatic hydroxyl groups excluding tert-OH is 1. The predicted octanol–water partition coefficient (Wildman–Crippen LogP) is 2.92. The van der Waals surface area contributed by atoms with Gasteiger partial charge < -0.3 is 15.7 Å². The second-order valence-corrected chi connectivity index (χ2v) is 5.40. The van der Waals surface area contributed by atoms with Crippen molar-refractivity contribution in [1.82, 2.24) is 10.6 Å². The van der Waals surface area contributed by atoms with Crippen molar-refractivity contribution in [1.29, 1.82) is 0 Å². The minimum Gasteiger partial charge on any atom is -0.394 e. The predicted molar refractivity (Wildman–Crippen MR) is 79.7 cm³/mol. The molecule has 114 valence electrons. The Balaban J connectivity index is 1.97. The highest BCUT2D eigenvalue weighted by Crippen LogP contribution is 2.20. The number of carbonyl (C=O) groups is 1. The Kier molecular flexibility index (Phi) is 5.59. The molecule has 1 aliphatic carbocycles. The maximum Gasteiger partial charge on any atom is 0.315 e. The highest BCUT2D eigenvalue weighted by Gasteiger charge is 2.17. The average molecular weight is 313 g/mol. The SMILES string of the molecule is O=C(NC1C=CCCC1)NC(CO)c1ccc(Cl)c(F)c1. The fourth-order valence-electron chi connectivity index (χ4n) is 2.26. The van der Waals surface area contributed by atoms with Crippen LogP contribution in [0.4, 0.5) is 9.18 Å². The Bertz CT molecular complexity index is 536. The van der Waals surface area contributed by atoms with Crippen molar-refractivity contribution in [2.45, 2.75) is 31.3 Å². The first kappa shape index (κ1) is 15.8. The monoisotopic (exact) mass is 312 g/mol. The number of amides is 2. The van der Waals surface area contributed by atoms with Crippen LogP contribution in [0.5, 0.6) is 0 Å². The summed E-state index contributed by atoms with van der Waals surface area (Å²) in [4.78, 5) is 11.9. The number of carbonyl (C=O) groups excluding carboxylic acids is 1. The van der Waals surface area contributed by atoms with Crippen LogP contribution in [0, 0.1) is 5.82 Å². The van der Waals surface area contributed by atoms with E-state index in [-0.39, 0.29) is 23.7 Å². The third kappa shape index (κ3) is 4.44. The van der Waals surface area contributed by atoms with Crippen molar-refractivity contribution < 1.29 is 14.3 Å². The molecular formula is C15H18ClFN2O2. The van der Waals surface area contributed by atoms with E-state index in [0.29, 0.717) is 5.56 Å². The largest absolute Gasteiger partial charge is 0.394 e. The van der Waals surface area contributed by atoms with Gasteiger partial charge in [-0.05, 0) is 37.0 Å². The molecule has 2 rings (SSSR count). The van der Waals surface area contributed by atoms with Gasteiger partial charge in [-0.1, -0.05) is 29.8 Å². The molecule has 4 nitrogen and oxygen atoms in total. The molecular weight excluding hydrogens is 295 g/mol. The summed E-state index contributed by atoms with van der Waals surface area (Å²) >= 11 is 5.62. The first-order valence-corrected chi connectivity index (χ1v) is 7.27. The van der Waals surface area contributed by atoms with Crippen LogP contribution in [-0.4, -0.2) is 23.8 Å². The zero-order valence-corrected chi connectivity index (χ0v) is 12.2. The molecule has 2 atom stereocenters. The van der Waals surface area contributed by atoms with Gasteiger partial charge in [-0.25, -0.2) is 9.18 Å². The minimum absolute atomic E-state index is 0.0000433. The third-order valence-electron chi connectivity index (χ3n) is 3.40. The third-order valence-corrected chi connectivity index (χ3v) is 3.71. The molecule has 21 heavy (non-hydrogen) atoms. The molecule has 0 aromatic heterocycles. The van der Waals surface area contributed by atoms with Crippen LogP contribution in [0.2, 0.25) is 5.02 Å². The molecule has 0 heterocycles. The van der Waals surface area contributed by atoms with Gasteiger partial charge in [0.2, 0.25) is 0 Å². The Hall–Kier alpha value is -1.59. The Morgan fingerprint density at radius 1 is 1.52 bits per heavy atom. The summed E-state index contributed by atoms with van der Waals surface area (Å²) in [6, 6.07) is 3.13. The normalized spacial score (nSPS) is 19.1. The number of allylic oxidation sites excluding steroid dienone is 1. The van der Waals surface area contributed by atoms with E-state index >= 15 is 0 Å². The summed E-state index contributed by atoms with van der Waals surface area (Å²) in [6.45, 7) is -0.324. The van der Waals surface area contributed by atoms with Crippen LogP contribution >= 0.6 is 11.6 Å². The smallest absolute Gasteiger partial charge is 0.315 e. The fraction of sp³-hybridized carbons (Fsp3) is 0.400. The van der Waals surface area contributed by atoms with Crippen molar-refractivity contribution in [3.8, 4) is 0 Å². The number of aliphatic hydroxyl groups is 1. The molecule has 2 amide bonds. The van der Waals surface area contributed by atoms with Crippen molar-refractivity contribution in [3.63, 3.8) is 0 Å². The number of halogens is 2. The van der Waals surface area contributed by atoms with Crippen LogP contribution in [0.1, 0.15) is 30.9 Å². The second-order valence-electron chi connectivity index (χ2n) is 4.99. The Labute approximate surface area is 128 Å². The lowest BCUT2D eigenvalue weighted by atomic mass is 10.0. The van der Waals surface area contributed by atoms with E-state index in [2.05, 4.69) is 10.6 Å². The molecule has 0 spiro atoms. The molecule has 1 aromatic rings. The molecule has 0 radical (unpaired) electrons. The molecule has 0 aliphatic heterocycles. The van der Waals surface area contributed by atoms with Gasteiger partial charge >= 0.3 is 6.03 Å². The minimum atomic E-state index is -0.677. The zero-order chi connectivity index (χ0) is 15.2. The maximum atomic E-state index is 13.4. The van der Waals surface area contributed by atoms with E-state index in [1.165, 1.54) is 12.1 Å². The van der Waals surface area contributed by atoms with Gasteiger partial charge in [0.05, 0.1) is 17.7 Å². The molecule has 2 unspecified atom stereocenters. The van der Waals surface area contributed by atoms with E-state index in [0.717, 1.165) is 19.3 Å². The van der Waals surface area contributed by atoms with Crippen molar-refractivity contribution in [2.24, 2.45) is 0 Å². The summed E-state index contributed by atoms with van der Waals surface area (Å²) in [5.41, 5.74) is 0.466. The van der Waals surface area contributed by atoms with Crippen LogP contribution in [-0.2, 0) is 0 Å². The molecule has 0 saturated carbocycles. The number of benzene rings is 1. The molecule has 3 N–H and O–H groups in total. The number of urea groups is 1. The van der Waals surface area contributed by atoms with Crippen LogP contribution in [0.25, 0.3) is 0 Å². The summed E-state index contributed by atoms with van der Waals surface area (Å²) < 4.78 is 13.4. The molecule has 0 fully saturated rings. The quantitative estimate of drug-likeness (QED) is 0.749. The van der Waals surface area contributed by atoms with Crippen molar-refractivity contribution >= 4 is 17.6 Å². The number of rotatable bonds is 4. The number of hydrogen-bond donors (Lipinski definition) is 3. The van der Waals surface area contributed by atoms with E-state index < -0.39 is 11.9 Å². The van der Waals surface area contributed by atoms with Gasteiger partial charge in [0.1, 0.15) is 5.82 Å². The summed E-state index contributed by atoms with van der Waals surface area (Å²) in [5.74, 6) is -0.579. The van der Waals surface area contributed by atoms with Gasteiger partial charge in [0, 0.05) is 6.04 Å². The lowest BCUT2D eigenvalue weighted by Crippen LogP contribution is -2.44. The van der Waals surface area contributed by atoms with Crippen LogP contribution in [0.15, 0.2) is 30.4 Å². The maximum absolute atomic E-state index is 13.4. The number of nitrogens with one attached hydrogen (secondary N) is 2. The van der Waals surface area contributed by atoms with E-state index in [9.17, 15) is 14.3 Å². The summed E-state index contributed by atoms with van der Waals surface area (Å²) in [6.07, 6.45) is 6.95. The second kappa shape index (κ2) is 7.43. The molecule has 0 bridgehead atoms. The number of hydrogen-bond acceptors (Lipinski definition) is 2.